The number of nitrogens with one attached hydrogen (secondary N) is 2. The smallest absolute Gasteiger partial charge is 0.318 e. The molecule has 1 rings (SSSR count). The van der Waals surface area contributed by atoms with Crippen LogP contribution in [-0.4, -0.2) is 18.5 Å². The Kier molecular flexibility index (Phi) is 4.24. The number of benzene rings is 1. The minimum atomic E-state index is -0.922. The molecule has 4 N–H and O–H groups in total. The summed E-state index contributed by atoms with van der Waals surface area (Å²) in [5.74, 6) is -1.03. The van der Waals surface area contributed by atoms with Crippen LogP contribution in [0, 0.1) is 5.82 Å². The Balaban J connectivity index is 2.51. The van der Waals surface area contributed by atoms with Crippen LogP contribution < -0.4 is 16.4 Å². The Hall–Kier alpha value is -1.63. The molecule has 7 heteroatoms. The molecule has 0 radical (unpaired) electrons. The van der Waals surface area contributed by atoms with Crippen molar-refractivity contribution in [1.29, 1.82) is 0 Å². The first-order valence-corrected chi connectivity index (χ1v) is 5.06. The molecule has 0 aromatic heterocycles. The first kappa shape index (κ1) is 12.4. The second kappa shape index (κ2) is 5.45. The van der Waals surface area contributed by atoms with Gasteiger partial charge in [-0.3, -0.25) is 10.1 Å². The van der Waals surface area contributed by atoms with E-state index in [0.717, 1.165) is 0 Å². The van der Waals surface area contributed by atoms with E-state index in [4.69, 9.17) is 5.73 Å². The van der Waals surface area contributed by atoms with E-state index in [0.29, 0.717) is 10.2 Å². The summed E-state index contributed by atoms with van der Waals surface area (Å²) in [4.78, 5) is 21.3. The fourth-order valence-corrected chi connectivity index (χ4v) is 1.22. The van der Waals surface area contributed by atoms with Crippen molar-refractivity contribution in [2.75, 3.05) is 11.9 Å². The molecule has 16 heavy (non-hydrogen) atoms. The summed E-state index contributed by atoms with van der Waals surface area (Å²) >= 11 is 3.00. The molecule has 3 amide bonds. The lowest BCUT2D eigenvalue weighted by Crippen LogP contribution is -2.38. The zero-order chi connectivity index (χ0) is 12.1. The van der Waals surface area contributed by atoms with E-state index in [9.17, 15) is 14.0 Å². The molecule has 0 saturated carbocycles. The van der Waals surface area contributed by atoms with Crippen LogP contribution in [0.4, 0.5) is 14.9 Å². The summed E-state index contributed by atoms with van der Waals surface area (Å²) in [6.45, 7) is -0.163. The normalized spacial score (nSPS) is 9.62. The number of rotatable bonds is 3. The van der Waals surface area contributed by atoms with Gasteiger partial charge in [-0.1, -0.05) is 0 Å². The number of hydrogen-bond acceptors (Lipinski definition) is 3. The number of carbonyl (C=O) groups is 2. The van der Waals surface area contributed by atoms with Crippen LogP contribution >= 0.6 is 15.9 Å². The van der Waals surface area contributed by atoms with Gasteiger partial charge in [0.25, 0.3) is 0 Å². The highest BCUT2D eigenvalue weighted by Gasteiger charge is 2.05. The van der Waals surface area contributed by atoms with Crippen LogP contribution in [0.15, 0.2) is 22.7 Å². The van der Waals surface area contributed by atoms with Gasteiger partial charge in [0, 0.05) is 5.69 Å². The molecule has 0 fully saturated rings. The zero-order valence-electron chi connectivity index (χ0n) is 8.09. The summed E-state index contributed by atoms with van der Waals surface area (Å²) in [5.41, 5.74) is 5.17. The lowest BCUT2D eigenvalue weighted by molar-refractivity contribution is -0.118. The molecule has 0 saturated heterocycles. The molecule has 0 unspecified atom stereocenters. The van der Waals surface area contributed by atoms with E-state index in [2.05, 4.69) is 21.2 Å². The van der Waals surface area contributed by atoms with Gasteiger partial charge in [-0.15, -0.1) is 0 Å². The van der Waals surface area contributed by atoms with Gasteiger partial charge in [0.05, 0.1) is 11.0 Å². The molecule has 0 aliphatic rings. The first-order valence-electron chi connectivity index (χ1n) is 4.27. The van der Waals surface area contributed by atoms with E-state index < -0.39 is 17.8 Å². The highest BCUT2D eigenvalue weighted by molar-refractivity contribution is 9.10. The van der Waals surface area contributed by atoms with Gasteiger partial charge in [-0.25, -0.2) is 9.18 Å². The van der Waals surface area contributed by atoms with Crippen molar-refractivity contribution < 1.29 is 14.0 Å². The molecule has 1 aromatic carbocycles. The quantitative estimate of drug-likeness (QED) is 0.782. The summed E-state index contributed by atoms with van der Waals surface area (Å²) in [7, 11) is 0. The van der Waals surface area contributed by atoms with Gasteiger partial charge >= 0.3 is 6.03 Å². The molecule has 0 aliphatic heterocycles. The zero-order valence-corrected chi connectivity index (χ0v) is 9.67. The molecule has 5 nitrogen and oxygen atoms in total. The molecule has 0 spiro atoms. The van der Waals surface area contributed by atoms with Crippen molar-refractivity contribution in [3.05, 3.63) is 28.5 Å². The number of urea groups is 1. The first-order chi connectivity index (χ1) is 7.49. The van der Waals surface area contributed by atoms with E-state index in [1.54, 1.807) is 6.07 Å². The van der Waals surface area contributed by atoms with E-state index in [-0.39, 0.29) is 6.54 Å². The van der Waals surface area contributed by atoms with E-state index in [1.165, 1.54) is 12.1 Å². The summed E-state index contributed by atoms with van der Waals surface area (Å²) in [6.07, 6.45) is 0. The number of halogens is 2. The predicted octanol–water partition coefficient (Wildman–Crippen LogP) is 1.19. The fraction of sp³-hybridized carbons (Fsp3) is 0.111. The molecular weight excluding hydrogens is 281 g/mol. The third-order valence-electron chi connectivity index (χ3n) is 1.64. The Morgan fingerprint density at radius 2 is 2.12 bits per heavy atom. The van der Waals surface area contributed by atoms with Crippen LogP contribution in [0.1, 0.15) is 0 Å². The minimum Gasteiger partial charge on any atom is -0.376 e. The van der Waals surface area contributed by atoms with Crippen molar-refractivity contribution in [1.82, 2.24) is 5.32 Å². The maximum atomic E-state index is 13.1. The monoisotopic (exact) mass is 289 g/mol. The second-order valence-electron chi connectivity index (χ2n) is 2.89. The summed E-state index contributed by atoms with van der Waals surface area (Å²) in [6, 6.07) is 3.39. The lowest BCUT2D eigenvalue weighted by atomic mass is 10.3. The SMILES string of the molecule is NC(=O)NC(=O)CNc1ccc(Br)c(F)c1. The molecule has 0 bridgehead atoms. The van der Waals surface area contributed by atoms with Gasteiger partial charge < -0.3 is 11.1 Å². The van der Waals surface area contributed by atoms with Crippen LogP contribution in [0.5, 0.6) is 0 Å². The molecule has 0 atom stereocenters. The third kappa shape index (κ3) is 3.85. The van der Waals surface area contributed by atoms with Crippen LogP contribution in [0.25, 0.3) is 0 Å². The van der Waals surface area contributed by atoms with Crippen molar-refractivity contribution >= 4 is 33.6 Å². The molecule has 0 heterocycles. The van der Waals surface area contributed by atoms with E-state index >= 15 is 0 Å². The Labute approximate surface area is 99.3 Å². The average Bonchev–Trinajstić information content (AvgIpc) is 2.19. The average molecular weight is 290 g/mol. The lowest BCUT2D eigenvalue weighted by Gasteiger charge is -2.06. The minimum absolute atomic E-state index is 0.163. The Morgan fingerprint density at radius 1 is 1.44 bits per heavy atom. The second-order valence-corrected chi connectivity index (χ2v) is 3.75. The largest absolute Gasteiger partial charge is 0.376 e. The topological polar surface area (TPSA) is 84.2 Å². The van der Waals surface area contributed by atoms with Crippen LogP contribution in [0.2, 0.25) is 0 Å². The highest BCUT2D eigenvalue weighted by Crippen LogP contribution is 2.18. The van der Waals surface area contributed by atoms with Gasteiger partial charge in [0.2, 0.25) is 5.91 Å². The van der Waals surface area contributed by atoms with Crippen molar-refractivity contribution in [2.24, 2.45) is 5.73 Å². The van der Waals surface area contributed by atoms with Crippen LogP contribution in [0.3, 0.4) is 0 Å². The maximum Gasteiger partial charge on any atom is 0.318 e. The summed E-state index contributed by atoms with van der Waals surface area (Å²) in [5, 5.41) is 4.51. The van der Waals surface area contributed by atoms with E-state index in [1.807, 2.05) is 5.32 Å². The molecule has 86 valence electrons. The van der Waals surface area contributed by atoms with Crippen molar-refractivity contribution in [3.63, 3.8) is 0 Å². The number of amides is 3. The van der Waals surface area contributed by atoms with Crippen LogP contribution in [-0.2, 0) is 4.79 Å². The molecule has 0 aliphatic carbocycles. The fourth-order valence-electron chi connectivity index (χ4n) is 0.970. The number of primary amides is 1. The summed E-state index contributed by atoms with van der Waals surface area (Å²) < 4.78 is 13.4. The third-order valence-corrected chi connectivity index (χ3v) is 2.28. The predicted molar refractivity (Wildman–Crippen MR) is 60.3 cm³/mol. The molecule has 1 aromatic rings. The number of nitrogens with two attached hydrogens (primary N) is 1. The standard InChI is InChI=1S/C9H9BrFN3O2/c10-6-2-1-5(3-7(6)11)13-4-8(15)14-9(12)16/h1-3,13H,4H2,(H3,12,14,15,16). The van der Waals surface area contributed by atoms with Gasteiger partial charge in [-0.2, -0.15) is 0 Å². The number of carbonyl (C=O) groups excluding carboxylic acids is 2. The van der Waals surface area contributed by atoms with Crippen molar-refractivity contribution in [3.8, 4) is 0 Å². The van der Waals surface area contributed by atoms with Gasteiger partial charge in [0.1, 0.15) is 5.82 Å². The number of imide groups is 1. The number of anilines is 1. The highest BCUT2D eigenvalue weighted by atomic mass is 79.9. The molecular formula is C9H9BrFN3O2. The van der Waals surface area contributed by atoms with Gasteiger partial charge in [0.15, 0.2) is 0 Å². The van der Waals surface area contributed by atoms with Gasteiger partial charge in [-0.05, 0) is 34.1 Å². The Morgan fingerprint density at radius 3 is 2.69 bits per heavy atom. The Bertz CT molecular complexity index is 425. The maximum absolute atomic E-state index is 13.1. The van der Waals surface area contributed by atoms with Crippen molar-refractivity contribution in [2.45, 2.75) is 0 Å². The number of hydrogen-bond donors (Lipinski definition) is 3.